The Labute approximate surface area is 172 Å². The summed E-state index contributed by atoms with van der Waals surface area (Å²) in [5.74, 6) is -3.58. The monoisotopic (exact) mass is 456 g/mol. The van der Waals surface area contributed by atoms with E-state index in [0.717, 1.165) is 39.0 Å². The van der Waals surface area contributed by atoms with Crippen molar-refractivity contribution >= 4 is 15.7 Å². The standard InChI is InChI=1S/C19H25F5N2O3S/c1-18(20,21)8-7-12-11-26(13-5-3-4-6-13)15-9-14(19(22,23)24)16(29-2)10-17(15)30(27,28)25-12/h9-10,12-13,25H,3-8,11H2,1-2H3/t12-/m1/s1. The molecule has 0 radical (unpaired) electrons. The Hall–Kier alpha value is -1.62. The minimum Gasteiger partial charge on any atom is -0.496 e. The molecule has 3 rings (SSSR count). The average Bonchev–Trinajstić information content (AvgIpc) is 3.12. The largest absolute Gasteiger partial charge is 0.496 e. The van der Waals surface area contributed by atoms with Gasteiger partial charge in [-0.05, 0) is 32.3 Å². The Morgan fingerprint density at radius 1 is 1.17 bits per heavy atom. The van der Waals surface area contributed by atoms with E-state index >= 15 is 0 Å². The highest BCUT2D eigenvalue weighted by Crippen LogP contribution is 2.44. The van der Waals surface area contributed by atoms with Crippen molar-refractivity contribution in [3.8, 4) is 5.75 Å². The summed E-state index contributed by atoms with van der Waals surface area (Å²) in [7, 11) is -3.20. The fourth-order valence-electron chi connectivity index (χ4n) is 4.18. The number of ether oxygens (including phenoxy) is 1. The van der Waals surface area contributed by atoms with E-state index in [1.807, 2.05) is 0 Å². The SMILES string of the molecule is COc1cc2c(cc1C(F)(F)F)N(C1CCCC1)C[C@@H](CCC(C)(F)F)NS2(=O)=O. The molecule has 0 aromatic heterocycles. The maximum atomic E-state index is 13.6. The van der Waals surface area contributed by atoms with Crippen LogP contribution in [-0.4, -0.2) is 40.1 Å². The van der Waals surface area contributed by atoms with Crippen molar-refractivity contribution in [3.63, 3.8) is 0 Å². The molecule has 1 heterocycles. The molecular weight excluding hydrogens is 431 g/mol. The van der Waals surface area contributed by atoms with Crippen molar-refractivity contribution in [2.24, 2.45) is 0 Å². The van der Waals surface area contributed by atoms with Crippen LogP contribution in [-0.2, 0) is 16.2 Å². The van der Waals surface area contributed by atoms with Gasteiger partial charge in [0.05, 0.1) is 18.4 Å². The number of halogens is 5. The van der Waals surface area contributed by atoms with Gasteiger partial charge in [0.15, 0.2) is 0 Å². The Morgan fingerprint density at radius 2 is 1.80 bits per heavy atom. The maximum absolute atomic E-state index is 13.6. The lowest BCUT2D eigenvalue weighted by atomic mass is 10.0. The van der Waals surface area contributed by atoms with Gasteiger partial charge in [0.2, 0.25) is 15.9 Å². The van der Waals surface area contributed by atoms with Crippen molar-refractivity contribution in [2.75, 3.05) is 18.6 Å². The molecule has 0 amide bonds. The molecular formula is C19H25F5N2O3S. The van der Waals surface area contributed by atoms with E-state index in [0.29, 0.717) is 12.8 Å². The number of rotatable bonds is 5. The third-order valence-electron chi connectivity index (χ3n) is 5.62. The van der Waals surface area contributed by atoms with Gasteiger partial charge in [0.25, 0.3) is 0 Å². The molecule has 1 aliphatic carbocycles. The first-order valence-electron chi connectivity index (χ1n) is 9.78. The zero-order valence-electron chi connectivity index (χ0n) is 16.7. The second-order valence-corrected chi connectivity index (χ2v) is 9.72. The van der Waals surface area contributed by atoms with Crippen LogP contribution in [0.5, 0.6) is 5.75 Å². The number of benzene rings is 1. The molecule has 1 fully saturated rings. The lowest BCUT2D eigenvalue weighted by Gasteiger charge is -2.33. The lowest BCUT2D eigenvalue weighted by molar-refractivity contribution is -0.138. The van der Waals surface area contributed by atoms with Crippen LogP contribution in [0.2, 0.25) is 0 Å². The smallest absolute Gasteiger partial charge is 0.420 e. The Morgan fingerprint density at radius 3 is 2.33 bits per heavy atom. The van der Waals surface area contributed by atoms with Crippen LogP contribution in [0.4, 0.5) is 27.6 Å². The highest BCUT2D eigenvalue weighted by molar-refractivity contribution is 7.89. The summed E-state index contributed by atoms with van der Waals surface area (Å²) in [6, 6.07) is 0.675. The van der Waals surface area contributed by atoms with Crippen LogP contribution in [0.3, 0.4) is 0 Å². The van der Waals surface area contributed by atoms with Gasteiger partial charge in [0.1, 0.15) is 10.6 Å². The molecule has 1 aromatic rings. The summed E-state index contributed by atoms with van der Waals surface area (Å²) in [6.45, 7) is 0.777. The molecule has 11 heteroatoms. The van der Waals surface area contributed by atoms with Gasteiger partial charge in [-0.3, -0.25) is 0 Å². The fraction of sp³-hybridized carbons (Fsp3) is 0.684. The molecule has 0 spiro atoms. The summed E-state index contributed by atoms with van der Waals surface area (Å²) in [5, 5.41) is 0. The number of anilines is 1. The van der Waals surface area contributed by atoms with Crippen molar-refractivity contribution in [1.29, 1.82) is 0 Å². The molecule has 0 bridgehead atoms. The van der Waals surface area contributed by atoms with Gasteiger partial charge in [-0.2, -0.15) is 13.2 Å². The van der Waals surface area contributed by atoms with Gasteiger partial charge in [-0.15, -0.1) is 0 Å². The lowest BCUT2D eigenvalue weighted by Crippen LogP contribution is -2.44. The van der Waals surface area contributed by atoms with Gasteiger partial charge in [-0.1, -0.05) is 12.8 Å². The zero-order chi connectivity index (χ0) is 22.3. The van der Waals surface area contributed by atoms with Gasteiger partial charge < -0.3 is 9.64 Å². The van der Waals surface area contributed by atoms with Crippen LogP contribution >= 0.6 is 0 Å². The molecule has 0 saturated heterocycles. The summed E-state index contributed by atoms with van der Waals surface area (Å²) in [5.41, 5.74) is -1.13. The first-order chi connectivity index (χ1) is 13.8. The van der Waals surface area contributed by atoms with Crippen molar-refractivity contribution in [1.82, 2.24) is 4.72 Å². The molecule has 0 unspecified atom stereocenters. The number of nitrogens with zero attached hydrogens (tertiary/aromatic N) is 1. The summed E-state index contributed by atoms with van der Waals surface area (Å²) in [6.07, 6.45) is -2.27. The highest BCUT2D eigenvalue weighted by atomic mass is 32.2. The average molecular weight is 456 g/mol. The molecule has 170 valence electrons. The minimum atomic E-state index is -4.74. The molecule has 30 heavy (non-hydrogen) atoms. The molecule has 1 aliphatic heterocycles. The van der Waals surface area contributed by atoms with Crippen molar-refractivity contribution < 1.29 is 35.1 Å². The van der Waals surface area contributed by atoms with Gasteiger partial charge >= 0.3 is 6.18 Å². The zero-order valence-corrected chi connectivity index (χ0v) is 17.5. The number of methoxy groups -OCH3 is 1. The molecule has 2 aliphatic rings. The van der Waals surface area contributed by atoms with E-state index in [-0.39, 0.29) is 29.6 Å². The van der Waals surface area contributed by atoms with Crippen molar-refractivity contribution in [2.45, 2.75) is 74.5 Å². The predicted octanol–water partition coefficient (Wildman–Crippen LogP) is 4.56. The number of alkyl halides is 5. The van der Waals surface area contributed by atoms with Gasteiger partial charge in [-0.25, -0.2) is 21.9 Å². The van der Waals surface area contributed by atoms with Crippen LogP contribution in [0.15, 0.2) is 17.0 Å². The predicted molar refractivity (Wildman–Crippen MR) is 102 cm³/mol. The van der Waals surface area contributed by atoms with Crippen LogP contribution in [0.1, 0.15) is 51.0 Å². The van der Waals surface area contributed by atoms with E-state index in [2.05, 4.69) is 4.72 Å². The molecule has 1 aromatic carbocycles. The quantitative estimate of drug-likeness (QED) is 0.660. The molecule has 5 nitrogen and oxygen atoms in total. The van der Waals surface area contributed by atoms with Crippen molar-refractivity contribution in [3.05, 3.63) is 17.7 Å². The van der Waals surface area contributed by atoms with E-state index < -0.39 is 45.9 Å². The normalized spacial score (nSPS) is 22.6. The number of hydrogen-bond donors (Lipinski definition) is 1. The topological polar surface area (TPSA) is 58.6 Å². The second-order valence-electron chi connectivity index (χ2n) is 8.04. The van der Waals surface area contributed by atoms with E-state index in [4.69, 9.17) is 4.74 Å². The number of sulfonamides is 1. The molecule has 1 atom stereocenters. The number of hydrogen-bond acceptors (Lipinski definition) is 4. The summed E-state index contributed by atoms with van der Waals surface area (Å²) < 4.78 is 101. The van der Waals surface area contributed by atoms with Crippen LogP contribution in [0.25, 0.3) is 0 Å². The minimum absolute atomic E-state index is 0.0244. The van der Waals surface area contributed by atoms with Crippen LogP contribution < -0.4 is 14.4 Å². The number of fused-ring (bicyclic) bond motifs is 1. The summed E-state index contributed by atoms with van der Waals surface area (Å²) in [4.78, 5) is 1.32. The van der Waals surface area contributed by atoms with E-state index in [9.17, 15) is 30.4 Å². The first kappa shape index (κ1) is 23.1. The van der Waals surface area contributed by atoms with E-state index in [1.54, 1.807) is 4.90 Å². The molecule has 1 saturated carbocycles. The fourth-order valence-corrected chi connectivity index (χ4v) is 5.65. The Kier molecular flexibility index (Phi) is 6.26. The van der Waals surface area contributed by atoms with Gasteiger partial charge in [0, 0.05) is 31.1 Å². The van der Waals surface area contributed by atoms with E-state index in [1.165, 1.54) is 0 Å². The maximum Gasteiger partial charge on any atom is 0.420 e. The molecule has 1 N–H and O–H groups in total. The Balaban J connectivity index is 2.12. The highest BCUT2D eigenvalue weighted by Gasteiger charge is 2.41. The van der Waals surface area contributed by atoms with Crippen LogP contribution in [0, 0.1) is 0 Å². The third-order valence-corrected chi connectivity index (χ3v) is 7.17. The third kappa shape index (κ3) is 4.99. The number of nitrogens with one attached hydrogen (secondary N) is 1. The summed E-state index contributed by atoms with van der Waals surface area (Å²) >= 11 is 0. The Bertz CT molecular complexity index is 877. The second kappa shape index (κ2) is 8.14. The first-order valence-corrected chi connectivity index (χ1v) is 11.3.